The van der Waals surface area contributed by atoms with Gasteiger partial charge in [0.2, 0.25) is 0 Å². The standard InChI is InChI=1S/C30H26Cl3NO5S/c1-40(36,37)21-5-2-4-18(12-21)19-14-30(35,15-19)23-11-10-20(13-26(23)33)38-16-22-28(34-39-29(22)17-8-9-17)27-24(31)6-3-7-25(27)32/h2-7,10-13,17,19,35H,8-9,14-16H2,1H3/t19-,30-. The van der Waals surface area contributed by atoms with Crippen LogP contribution in [0, 0.1) is 0 Å². The van der Waals surface area contributed by atoms with Gasteiger partial charge >= 0.3 is 0 Å². The molecular formula is C30H26Cl3NO5S. The Morgan fingerprint density at radius 3 is 2.33 bits per heavy atom. The van der Waals surface area contributed by atoms with Crippen molar-refractivity contribution in [3.63, 3.8) is 0 Å². The molecule has 0 radical (unpaired) electrons. The highest BCUT2D eigenvalue weighted by molar-refractivity contribution is 7.90. The summed E-state index contributed by atoms with van der Waals surface area (Å²) in [6, 6.07) is 17.4. The first kappa shape index (κ1) is 27.6. The molecule has 0 aliphatic heterocycles. The summed E-state index contributed by atoms with van der Waals surface area (Å²) in [5.74, 6) is 1.64. The molecule has 3 aromatic carbocycles. The molecule has 0 bridgehead atoms. The van der Waals surface area contributed by atoms with Gasteiger partial charge in [-0.2, -0.15) is 0 Å². The number of sulfone groups is 1. The highest BCUT2D eigenvalue weighted by Gasteiger charge is 2.46. The van der Waals surface area contributed by atoms with Gasteiger partial charge in [-0.05, 0) is 73.6 Å². The van der Waals surface area contributed by atoms with Crippen molar-refractivity contribution in [2.24, 2.45) is 0 Å². The van der Waals surface area contributed by atoms with Crippen LogP contribution in [0.3, 0.4) is 0 Å². The Labute approximate surface area is 247 Å². The van der Waals surface area contributed by atoms with Crippen LogP contribution in [-0.4, -0.2) is 24.9 Å². The molecule has 2 aliphatic carbocycles. The zero-order chi connectivity index (χ0) is 28.2. The average molecular weight is 619 g/mol. The molecule has 40 heavy (non-hydrogen) atoms. The number of hydrogen-bond donors (Lipinski definition) is 1. The molecule has 10 heteroatoms. The quantitative estimate of drug-likeness (QED) is 0.216. The third-order valence-corrected chi connectivity index (χ3v) is 9.77. The summed E-state index contributed by atoms with van der Waals surface area (Å²) >= 11 is 19.6. The molecule has 6 nitrogen and oxygen atoms in total. The minimum absolute atomic E-state index is 0.0307. The number of halogens is 3. The van der Waals surface area contributed by atoms with Crippen LogP contribution in [0.15, 0.2) is 70.1 Å². The van der Waals surface area contributed by atoms with Crippen LogP contribution in [0.5, 0.6) is 5.75 Å². The molecule has 1 aromatic heterocycles. The van der Waals surface area contributed by atoms with Gasteiger partial charge in [0.1, 0.15) is 23.8 Å². The van der Waals surface area contributed by atoms with Crippen LogP contribution in [0.25, 0.3) is 11.3 Å². The van der Waals surface area contributed by atoms with Gasteiger partial charge in [0.25, 0.3) is 0 Å². The number of ether oxygens (including phenoxy) is 1. The molecule has 1 heterocycles. The summed E-state index contributed by atoms with van der Waals surface area (Å²) in [6.07, 6.45) is 4.11. The Hall–Kier alpha value is -2.55. The Bertz CT molecular complexity index is 1690. The second kappa shape index (κ2) is 10.4. The summed E-state index contributed by atoms with van der Waals surface area (Å²) in [4.78, 5) is 0.276. The zero-order valence-corrected chi connectivity index (χ0v) is 24.6. The lowest BCUT2D eigenvalue weighted by Gasteiger charge is -2.44. The number of benzene rings is 3. The predicted octanol–water partition coefficient (Wildman–Crippen LogP) is 7.93. The van der Waals surface area contributed by atoms with Crippen molar-refractivity contribution in [3.8, 4) is 17.0 Å². The maximum Gasteiger partial charge on any atom is 0.175 e. The molecule has 6 rings (SSSR count). The lowest BCUT2D eigenvalue weighted by molar-refractivity contribution is -0.0549. The molecule has 0 unspecified atom stereocenters. The zero-order valence-electron chi connectivity index (χ0n) is 21.5. The van der Waals surface area contributed by atoms with Crippen LogP contribution in [-0.2, 0) is 22.0 Å². The normalized spacial score (nSPS) is 20.8. The van der Waals surface area contributed by atoms with E-state index in [1.165, 1.54) is 6.26 Å². The molecule has 0 atom stereocenters. The summed E-state index contributed by atoms with van der Waals surface area (Å²) in [5.41, 5.74) is 2.37. The molecule has 0 spiro atoms. The van der Waals surface area contributed by atoms with E-state index < -0.39 is 15.4 Å². The number of rotatable bonds is 8. The van der Waals surface area contributed by atoms with E-state index in [0.29, 0.717) is 56.4 Å². The topological polar surface area (TPSA) is 89.6 Å². The van der Waals surface area contributed by atoms with Gasteiger partial charge in [0.15, 0.2) is 9.84 Å². The van der Waals surface area contributed by atoms with Crippen LogP contribution in [0.4, 0.5) is 0 Å². The van der Waals surface area contributed by atoms with Gasteiger partial charge in [-0.25, -0.2) is 8.42 Å². The lowest BCUT2D eigenvalue weighted by Crippen LogP contribution is -2.40. The van der Waals surface area contributed by atoms with Crippen molar-refractivity contribution in [1.29, 1.82) is 0 Å². The van der Waals surface area contributed by atoms with Crippen LogP contribution in [0.1, 0.15) is 60.0 Å². The van der Waals surface area contributed by atoms with E-state index in [0.717, 1.165) is 29.7 Å². The van der Waals surface area contributed by atoms with Crippen molar-refractivity contribution >= 4 is 44.6 Å². The number of nitrogens with zero attached hydrogens (tertiary/aromatic N) is 1. The third kappa shape index (κ3) is 5.26. The highest BCUT2D eigenvalue weighted by Crippen LogP contribution is 2.53. The van der Waals surface area contributed by atoms with Gasteiger partial charge in [0.05, 0.1) is 31.1 Å². The second-order valence-electron chi connectivity index (χ2n) is 10.7. The Balaban J connectivity index is 1.19. The fraction of sp³-hybridized carbons (Fsp3) is 0.300. The third-order valence-electron chi connectivity index (χ3n) is 7.72. The van der Waals surface area contributed by atoms with E-state index >= 15 is 0 Å². The molecule has 1 N–H and O–H groups in total. The smallest absolute Gasteiger partial charge is 0.175 e. The fourth-order valence-electron chi connectivity index (χ4n) is 5.38. The van der Waals surface area contributed by atoms with E-state index in [2.05, 4.69) is 5.16 Å². The monoisotopic (exact) mass is 617 g/mol. The van der Waals surface area contributed by atoms with Crippen molar-refractivity contribution in [3.05, 3.63) is 98.2 Å². The Morgan fingerprint density at radius 2 is 1.68 bits per heavy atom. The molecule has 4 aromatic rings. The van der Waals surface area contributed by atoms with Crippen molar-refractivity contribution < 1.29 is 22.8 Å². The predicted molar refractivity (Wildman–Crippen MR) is 155 cm³/mol. The largest absolute Gasteiger partial charge is 0.489 e. The van der Waals surface area contributed by atoms with Gasteiger partial charge in [-0.3, -0.25) is 0 Å². The Kier molecular flexibility index (Phi) is 7.16. The van der Waals surface area contributed by atoms with E-state index in [-0.39, 0.29) is 17.4 Å². The van der Waals surface area contributed by atoms with Gasteiger partial charge < -0.3 is 14.4 Å². The summed E-state index contributed by atoms with van der Waals surface area (Å²) in [5, 5.41) is 17.0. The molecule has 2 saturated carbocycles. The molecule has 2 fully saturated rings. The fourth-order valence-corrected chi connectivity index (χ4v) is 6.98. The lowest BCUT2D eigenvalue weighted by atomic mass is 9.65. The molecular weight excluding hydrogens is 593 g/mol. The first-order valence-corrected chi connectivity index (χ1v) is 15.9. The Morgan fingerprint density at radius 1 is 0.975 bits per heavy atom. The minimum atomic E-state index is -3.30. The van der Waals surface area contributed by atoms with Gasteiger partial charge in [-0.15, -0.1) is 0 Å². The molecule has 2 aliphatic rings. The number of hydrogen-bond acceptors (Lipinski definition) is 6. The van der Waals surface area contributed by atoms with Crippen LogP contribution < -0.4 is 4.74 Å². The van der Waals surface area contributed by atoms with Crippen LogP contribution >= 0.6 is 34.8 Å². The first-order chi connectivity index (χ1) is 19.0. The van der Waals surface area contributed by atoms with E-state index in [1.54, 1.807) is 54.6 Å². The maximum absolute atomic E-state index is 11.9. The van der Waals surface area contributed by atoms with Crippen molar-refractivity contribution in [1.82, 2.24) is 5.16 Å². The molecule has 208 valence electrons. The summed E-state index contributed by atoms with van der Waals surface area (Å²) in [6.45, 7) is 0.185. The SMILES string of the molecule is CS(=O)(=O)c1cccc([C@H]2C[C@@](O)(c3ccc(OCc4c(-c5c(Cl)cccc5Cl)noc4C4CC4)cc3Cl)C2)c1. The molecule has 0 saturated heterocycles. The number of aromatic nitrogens is 1. The van der Waals surface area contributed by atoms with Crippen LogP contribution in [0.2, 0.25) is 15.1 Å². The second-order valence-corrected chi connectivity index (χ2v) is 13.9. The first-order valence-electron chi connectivity index (χ1n) is 12.9. The van der Waals surface area contributed by atoms with Crippen molar-refractivity contribution in [2.75, 3.05) is 6.26 Å². The van der Waals surface area contributed by atoms with Crippen molar-refractivity contribution in [2.45, 2.75) is 54.6 Å². The van der Waals surface area contributed by atoms with E-state index in [9.17, 15) is 13.5 Å². The minimum Gasteiger partial charge on any atom is -0.489 e. The number of aliphatic hydroxyl groups is 1. The van der Waals surface area contributed by atoms with E-state index in [1.807, 2.05) is 6.07 Å². The van der Waals surface area contributed by atoms with E-state index in [4.69, 9.17) is 44.1 Å². The molecule has 0 amide bonds. The summed E-state index contributed by atoms with van der Waals surface area (Å²) < 4.78 is 35.7. The maximum atomic E-state index is 11.9. The average Bonchev–Trinajstić information content (AvgIpc) is 3.65. The summed E-state index contributed by atoms with van der Waals surface area (Å²) in [7, 11) is -3.30. The highest BCUT2D eigenvalue weighted by atomic mass is 35.5. The van der Waals surface area contributed by atoms with Gasteiger partial charge in [-0.1, -0.05) is 64.2 Å². The van der Waals surface area contributed by atoms with Gasteiger partial charge in [0, 0.05) is 23.3 Å².